The highest BCUT2D eigenvalue weighted by atomic mass is 16.6. The highest BCUT2D eigenvalue weighted by Crippen LogP contribution is 2.07. The van der Waals surface area contributed by atoms with Gasteiger partial charge < -0.3 is 21.3 Å². The average Bonchev–Trinajstić information content (AvgIpc) is 2.12. The van der Waals surface area contributed by atoms with E-state index in [1.54, 1.807) is 6.08 Å². The maximum atomic E-state index is 10.9. The first-order valence-corrected chi connectivity index (χ1v) is 5.17. The molecule has 0 heterocycles. The molecule has 0 aliphatic rings. The number of carboxylic acids is 1. The largest absolute Gasteiger partial charge is 0.480 e. The number of carbonyl (C=O) groups excluding carboxylic acids is 1. The summed E-state index contributed by atoms with van der Waals surface area (Å²) in [6, 6.07) is -0.731. The van der Waals surface area contributed by atoms with E-state index in [0.29, 0.717) is 0 Å². The Kier molecular flexibility index (Phi) is 8.99. The SMILES string of the molecule is CC(C)(C)OC(=O)CC=CN.C[C@@H](N)C(=O)O. The van der Waals surface area contributed by atoms with Crippen molar-refractivity contribution in [2.75, 3.05) is 0 Å². The monoisotopic (exact) mass is 246 g/mol. The van der Waals surface area contributed by atoms with Crippen molar-refractivity contribution in [3.63, 3.8) is 0 Å². The van der Waals surface area contributed by atoms with Gasteiger partial charge in [-0.1, -0.05) is 6.08 Å². The van der Waals surface area contributed by atoms with E-state index in [0.717, 1.165) is 0 Å². The number of hydrogen-bond acceptors (Lipinski definition) is 5. The lowest BCUT2D eigenvalue weighted by Gasteiger charge is -2.18. The zero-order chi connectivity index (χ0) is 14.1. The third kappa shape index (κ3) is 17.1. The first-order chi connectivity index (χ1) is 7.60. The first-order valence-electron chi connectivity index (χ1n) is 5.17. The summed E-state index contributed by atoms with van der Waals surface area (Å²) in [7, 11) is 0. The van der Waals surface area contributed by atoms with E-state index in [9.17, 15) is 9.59 Å². The summed E-state index contributed by atoms with van der Waals surface area (Å²) in [5, 5.41) is 7.87. The van der Waals surface area contributed by atoms with Crippen LogP contribution in [0.5, 0.6) is 0 Å². The number of carbonyl (C=O) groups is 2. The van der Waals surface area contributed by atoms with Crippen LogP contribution < -0.4 is 11.5 Å². The molecule has 0 rings (SSSR count). The molecule has 17 heavy (non-hydrogen) atoms. The molecule has 0 aliphatic heterocycles. The van der Waals surface area contributed by atoms with Gasteiger partial charge in [0.05, 0.1) is 6.42 Å². The second-order valence-electron chi connectivity index (χ2n) is 4.35. The molecule has 0 aromatic rings. The van der Waals surface area contributed by atoms with E-state index in [1.165, 1.54) is 13.1 Å². The Morgan fingerprint density at radius 2 is 1.82 bits per heavy atom. The highest BCUT2D eigenvalue weighted by molar-refractivity contribution is 5.72. The summed E-state index contributed by atoms with van der Waals surface area (Å²) >= 11 is 0. The maximum Gasteiger partial charge on any atom is 0.320 e. The normalized spacial score (nSPS) is 12.5. The Bertz CT molecular complexity index is 267. The second-order valence-corrected chi connectivity index (χ2v) is 4.35. The van der Waals surface area contributed by atoms with Crippen molar-refractivity contribution in [3.05, 3.63) is 12.3 Å². The summed E-state index contributed by atoms with van der Waals surface area (Å²) in [6.07, 6.45) is 3.14. The van der Waals surface area contributed by atoms with E-state index in [2.05, 4.69) is 0 Å². The molecule has 5 N–H and O–H groups in total. The Hall–Kier alpha value is -1.56. The minimum atomic E-state index is -0.963. The van der Waals surface area contributed by atoms with E-state index < -0.39 is 17.6 Å². The average molecular weight is 246 g/mol. The van der Waals surface area contributed by atoms with Crippen LogP contribution in [0.3, 0.4) is 0 Å². The summed E-state index contributed by atoms with van der Waals surface area (Å²) in [4.78, 5) is 20.5. The molecule has 0 aromatic heterocycles. The van der Waals surface area contributed by atoms with Crippen LogP contribution in [0.15, 0.2) is 12.3 Å². The topological polar surface area (TPSA) is 116 Å². The van der Waals surface area contributed by atoms with Crippen LogP contribution in [0.4, 0.5) is 0 Å². The van der Waals surface area contributed by atoms with Crippen LogP contribution in [-0.4, -0.2) is 28.7 Å². The fraction of sp³-hybridized carbons (Fsp3) is 0.636. The summed E-state index contributed by atoms with van der Waals surface area (Å²) in [5.74, 6) is -1.21. The van der Waals surface area contributed by atoms with E-state index >= 15 is 0 Å². The molecule has 0 amide bonds. The smallest absolute Gasteiger partial charge is 0.320 e. The van der Waals surface area contributed by atoms with Gasteiger partial charge in [0, 0.05) is 0 Å². The molecular formula is C11H22N2O4. The summed E-state index contributed by atoms with van der Waals surface area (Å²) in [6.45, 7) is 6.91. The van der Waals surface area contributed by atoms with E-state index in [-0.39, 0.29) is 12.4 Å². The van der Waals surface area contributed by atoms with Crippen LogP contribution in [0.2, 0.25) is 0 Å². The number of esters is 1. The molecule has 0 radical (unpaired) electrons. The number of rotatable bonds is 3. The third-order valence-corrected chi connectivity index (χ3v) is 1.23. The molecule has 0 saturated carbocycles. The van der Waals surface area contributed by atoms with E-state index in [4.69, 9.17) is 21.3 Å². The predicted octanol–water partition coefficient (Wildman–Crippen LogP) is 0.609. The van der Waals surface area contributed by atoms with Gasteiger partial charge in [-0.25, -0.2) is 0 Å². The van der Waals surface area contributed by atoms with E-state index in [1.807, 2.05) is 20.8 Å². The lowest BCUT2D eigenvalue weighted by atomic mass is 10.2. The van der Waals surface area contributed by atoms with Crippen LogP contribution in [-0.2, 0) is 14.3 Å². The standard InChI is InChI=1S/C8H15NO2.C3H7NO2/c1-8(2,3)11-7(10)5-4-6-9;1-2(4)3(5)6/h4,6H,5,9H2,1-3H3;2H,4H2,1H3,(H,5,6)/t;2-/m.1/s1. The van der Waals surface area contributed by atoms with Crippen LogP contribution in [0, 0.1) is 0 Å². The lowest BCUT2D eigenvalue weighted by molar-refractivity contribution is -0.153. The van der Waals surface area contributed by atoms with Crippen LogP contribution in [0.25, 0.3) is 0 Å². The van der Waals surface area contributed by atoms with Crippen molar-refractivity contribution in [2.45, 2.75) is 45.8 Å². The molecule has 1 atom stereocenters. The van der Waals surface area contributed by atoms with Gasteiger partial charge in [-0.2, -0.15) is 0 Å². The maximum absolute atomic E-state index is 10.9. The Morgan fingerprint density at radius 3 is 2.06 bits per heavy atom. The second kappa shape index (κ2) is 8.58. The fourth-order valence-electron chi connectivity index (χ4n) is 0.547. The van der Waals surface area contributed by atoms with Crippen molar-refractivity contribution in [1.29, 1.82) is 0 Å². The molecule has 6 heteroatoms. The number of hydrogen-bond donors (Lipinski definition) is 3. The van der Waals surface area contributed by atoms with Gasteiger partial charge in [0.15, 0.2) is 0 Å². The van der Waals surface area contributed by atoms with Crippen molar-refractivity contribution in [2.24, 2.45) is 11.5 Å². The Balaban J connectivity index is 0. The minimum Gasteiger partial charge on any atom is -0.480 e. The molecule has 100 valence electrons. The zero-order valence-corrected chi connectivity index (χ0v) is 10.8. The third-order valence-electron chi connectivity index (χ3n) is 1.23. The molecule has 6 nitrogen and oxygen atoms in total. The molecular weight excluding hydrogens is 224 g/mol. The van der Waals surface area contributed by atoms with Crippen molar-refractivity contribution < 1.29 is 19.4 Å². The van der Waals surface area contributed by atoms with Crippen molar-refractivity contribution in [3.8, 4) is 0 Å². The minimum absolute atomic E-state index is 0.244. The molecule has 0 unspecified atom stereocenters. The van der Waals surface area contributed by atoms with Gasteiger partial charge in [-0.3, -0.25) is 9.59 Å². The number of ether oxygens (including phenoxy) is 1. The number of carboxylic acid groups (broad SMARTS) is 1. The molecule has 0 spiro atoms. The van der Waals surface area contributed by atoms with Gasteiger partial charge in [0.1, 0.15) is 11.6 Å². The van der Waals surface area contributed by atoms with Crippen LogP contribution >= 0.6 is 0 Å². The molecule has 0 aliphatic carbocycles. The number of aliphatic carboxylic acids is 1. The molecule has 0 aromatic carbocycles. The van der Waals surface area contributed by atoms with Crippen molar-refractivity contribution >= 4 is 11.9 Å². The van der Waals surface area contributed by atoms with Gasteiger partial charge >= 0.3 is 11.9 Å². The molecule has 0 bridgehead atoms. The fourth-order valence-corrected chi connectivity index (χ4v) is 0.547. The molecule has 0 fully saturated rings. The van der Waals surface area contributed by atoms with Crippen molar-refractivity contribution in [1.82, 2.24) is 0 Å². The predicted molar refractivity (Wildman–Crippen MR) is 65.1 cm³/mol. The van der Waals surface area contributed by atoms with Gasteiger partial charge in [0.2, 0.25) is 0 Å². The van der Waals surface area contributed by atoms with Gasteiger partial charge in [0.25, 0.3) is 0 Å². The summed E-state index contributed by atoms with van der Waals surface area (Å²) in [5.41, 5.74) is 9.48. The quantitative estimate of drug-likeness (QED) is 0.628. The molecule has 0 saturated heterocycles. The number of nitrogens with two attached hydrogens (primary N) is 2. The zero-order valence-electron chi connectivity index (χ0n) is 10.8. The van der Waals surface area contributed by atoms with Gasteiger partial charge in [-0.05, 0) is 33.9 Å². The van der Waals surface area contributed by atoms with Gasteiger partial charge in [-0.15, -0.1) is 0 Å². The highest BCUT2D eigenvalue weighted by Gasteiger charge is 2.14. The Morgan fingerprint density at radius 1 is 1.41 bits per heavy atom. The lowest BCUT2D eigenvalue weighted by Crippen LogP contribution is -2.25. The summed E-state index contributed by atoms with van der Waals surface area (Å²) < 4.78 is 4.99. The Labute approximate surface area is 102 Å². The first kappa shape index (κ1) is 17.8. The van der Waals surface area contributed by atoms with Crippen LogP contribution in [0.1, 0.15) is 34.1 Å².